The van der Waals surface area contributed by atoms with Crippen molar-refractivity contribution in [3.63, 3.8) is 0 Å². The number of carboxylic acids is 1. The van der Waals surface area contributed by atoms with Crippen LogP contribution in [0.15, 0.2) is 30.3 Å². The van der Waals surface area contributed by atoms with Crippen molar-refractivity contribution in [3.8, 4) is 0 Å². The van der Waals surface area contributed by atoms with Crippen LogP contribution in [0, 0.1) is 5.41 Å². The summed E-state index contributed by atoms with van der Waals surface area (Å²) in [6.07, 6.45) is 1.29. The lowest BCUT2D eigenvalue weighted by Gasteiger charge is -2.57. The zero-order valence-electron chi connectivity index (χ0n) is 16.9. The lowest BCUT2D eigenvalue weighted by molar-refractivity contribution is -0.237. The molecule has 0 saturated heterocycles. The van der Waals surface area contributed by atoms with E-state index in [2.05, 4.69) is 10.6 Å². The maximum atomic E-state index is 12.4. The number of hydrogen-bond donors (Lipinski definition) is 4. The van der Waals surface area contributed by atoms with Gasteiger partial charge in [0.2, 0.25) is 0 Å². The van der Waals surface area contributed by atoms with Crippen LogP contribution >= 0.6 is 0 Å². The summed E-state index contributed by atoms with van der Waals surface area (Å²) >= 11 is 0. The Balaban J connectivity index is 1.89. The first-order valence-electron chi connectivity index (χ1n) is 9.82. The monoisotopic (exact) mass is 392 g/mol. The highest BCUT2D eigenvalue weighted by Gasteiger charge is 2.59. The van der Waals surface area contributed by atoms with Gasteiger partial charge in [0, 0.05) is 37.5 Å². The average Bonchev–Trinajstić information content (AvgIpc) is 2.65. The molecule has 3 atom stereocenters. The third kappa shape index (κ3) is 5.45. The summed E-state index contributed by atoms with van der Waals surface area (Å²) in [6, 6.07) is 8.90. The van der Waals surface area contributed by atoms with E-state index in [-0.39, 0.29) is 25.1 Å². The topological polar surface area (TPSA) is 108 Å². The second-order valence-electron chi connectivity index (χ2n) is 8.05. The number of carbonyl (C=O) groups is 2. The standard InChI is InChI=1S/C21H32N2O5/c1-4-28-17-13-21(27,20(17,2)3)14-22-19(26)23-16(10-11-18(24)25)12-15-8-6-5-7-9-15/h5-9,16-17,27H,4,10-14H2,1-3H3,(H,24,25)(H2,22,23,26). The van der Waals surface area contributed by atoms with Crippen LogP contribution in [0.25, 0.3) is 0 Å². The number of amides is 2. The molecule has 7 nitrogen and oxygen atoms in total. The summed E-state index contributed by atoms with van der Waals surface area (Å²) in [5, 5.41) is 25.4. The Hall–Kier alpha value is -2.12. The van der Waals surface area contributed by atoms with E-state index in [1.54, 1.807) is 0 Å². The van der Waals surface area contributed by atoms with Crippen LogP contribution in [0.5, 0.6) is 0 Å². The molecule has 2 rings (SSSR count). The molecule has 0 heterocycles. The SMILES string of the molecule is CCOC1CC(O)(CNC(=O)NC(CCC(=O)O)Cc2ccccc2)C1(C)C. The molecule has 1 saturated carbocycles. The summed E-state index contributed by atoms with van der Waals surface area (Å²) in [5.74, 6) is -0.896. The number of urea groups is 1. The van der Waals surface area contributed by atoms with E-state index < -0.39 is 23.0 Å². The molecule has 0 aromatic heterocycles. The highest BCUT2D eigenvalue weighted by atomic mass is 16.5. The van der Waals surface area contributed by atoms with Crippen LogP contribution in [-0.2, 0) is 16.0 Å². The van der Waals surface area contributed by atoms with Crippen molar-refractivity contribution in [1.29, 1.82) is 0 Å². The van der Waals surface area contributed by atoms with Crippen molar-refractivity contribution >= 4 is 12.0 Å². The zero-order valence-corrected chi connectivity index (χ0v) is 16.9. The van der Waals surface area contributed by atoms with E-state index in [0.717, 1.165) is 5.56 Å². The smallest absolute Gasteiger partial charge is 0.315 e. The minimum absolute atomic E-state index is 0.0230. The Morgan fingerprint density at radius 3 is 2.54 bits per heavy atom. The van der Waals surface area contributed by atoms with Crippen molar-refractivity contribution in [2.75, 3.05) is 13.2 Å². The van der Waals surface area contributed by atoms with Crippen molar-refractivity contribution in [3.05, 3.63) is 35.9 Å². The Morgan fingerprint density at radius 1 is 1.29 bits per heavy atom. The van der Waals surface area contributed by atoms with Crippen LogP contribution in [0.4, 0.5) is 4.79 Å². The number of benzene rings is 1. The predicted octanol–water partition coefficient (Wildman–Crippen LogP) is 2.33. The molecular weight excluding hydrogens is 360 g/mol. The highest BCUT2D eigenvalue weighted by molar-refractivity contribution is 5.74. The largest absolute Gasteiger partial charge is 0.481 e. The van der Waals surface area contributed by atoms with Gasteiger partial charge < -0.3 is 25.6 Å². The third-order valence-corrected chi connectivity index (χ3v) is 5.80. The van der Waals surface area contributed by atoms with Gasteiger partial charge in [0.25, 0.3) is 0 Å². The number of rotatable bonds is 10. The summed E-state index contributed by atoms with van der Waals surface area (Å²) in [6.45, 7) is 6.49. The van der Waals surface area contributed by atoms with Gasteiger partial charge in [0.1, 0.15) is 0 Å². The number of carbonyl (C=O) groups excluding carboxylic acids is 1. The van der Waals surface area contributed by atoms with E-state index in [0.29, 0.717) is 25.9 Å². The zero-order chi connectivity index (χ0) is 20.8. The Labute approximate surface area is 166 Å². The number of aliphatic carboxylic acids is 1. The van der Waals surface area contributed by atoms with Gasteiger partial charge >= 0.3 is 12.0 Å². The van der Waals surface area contributed by atoms with Gasteiger partial charge in [0.05, 0.1) is 11.7 Å². The first-order valence-corrected chi connectivity index (χ1v) is 9.82. The average molecular weight is 392 g/mol. The first-order chi connectivity index (χ1) is 13.2. The van der Waals surface area contributed by atoms with Gasteiger partial charge in [-0.2, -0.15) is 0 Å². The molecule has 1 aliphatic rings. The number of carboxylic acid groups (broad SMARTS) is 1. The molecule has 1 aromatic carbocycles. The minimum Gasteiger partial charge on any atom is -0.481 e. The summed E-state index contributed by atoms with van der Waals surface area (Å²) in [5.41, 5.74) is -0.458. The summed E-state index contributed by atoms with van der Waals surface area (Å²) < 4.78 is 5.64. The van der Waals surface area contributed by atoms with E-state index in [9.17, 15) is 14.7 Å². The van der Waals surface area contributed by atoms with Crippen LogP contribution in [0.1, 0.15) is 45.6 Å². The van der Waals surface area contributed by atoms with Crippen molar-refractivity contribution in [2.24, 2.45) is 5.41 Å². The second-order valence-corrected chi connectivity index (χ2v) is 8.05. The quantitative estimate of drug-likeness (QED) is 0.489. The molecule has 156 valence electrons. The molecule has 1 aliphatic carbocycles. The lowest BCUT2D eigenvalue weighted by Crippen LogP contribution is -2.69. The van der Waals surface area contributed by atoms with Crippen LogP contribution < -0.4 is 10.6 Å². The van der Waals surface area contributed by atoms with Crippen molar-refractivity contribution in [2.45, 2.75) is 64.2 Å². The second kappa shape index (κ2) is 9.39. The van der Waals surface area contributed by atoms with Gasteiger partial charge in [-0.3, -0.25) is 4.79 Å². The molecule has 1 fully saturated rings. The van der Waals surface area contributed by atoms with Crippen molar-refractivity contribution < 1.29 is 24.5 Å². The molecule has 4 N–H and O–H groups in total. The van der Waals surface area contributed by atoms with Gasteiger partial charge in [-0.1, -0.05) is 44.2 Å². The molecule has 7 heteroatoms. The minimum atomic E-state index is -1.03. The molecule has 1 aromatic rings. The maximum absolute atomic E-state index is 12.4. The molecule has 28 heavy (non-hydrogen) atoms. The molecule has 0 bridgehead atoms. The number of nitrogens with one attached hydrogen (secondary N) is 2. The van der Waals surface area contributed by atoms with Crippen LogP contribution in [-0.4, -0.2) is 53.1 Å². The Kier molecular flexibility index (Phi) is 7.43. The Bertz CT molecular complexity index is 664. The fourth-order valence-corrected chi connectivity index (χ4v) is 3.65. The molecule has 0 radical (unpaired) electrons. The number of aliphatic hydroxyl groups is 1. The molecule has 2 amide bonds. The molecule has 0 aliphatic heterocycles. The van der Waals surface area contributed by atoms with Gasteiger partial charge in [-0.05, 0) is 25.3 Å². The van der Waals surface area contributed by atoms with E-state index in [1.165, 1.54) is 0 Å². The molecule has 3 unspecified atom stereocenters. The van der Waals surface area contributed by atoms with Crippen LogP contribution in [0.2, 0.25) is 0 Å². The highest BCUT2D eigenvalue weighted by Crippen LogP contribution is 2.50. The van der Waals surface area contributed by atoms with E-state index >= 15 is 0 Å². The van der Waals surface area contributed by atoms with E-state index in [1.807, 2.05) is 51.1 Å². The first kappa shape index (κ1) is 22.2. The maximum Gasteiger partial charge on any atom is 0.315 e. The fraction of sp³-hybridized carbons (Fsp3) is 0.619. The summed E-state index contributed by atoms with van der Waals surface area (Å²) in [7, 11) is 0. The predicted molar refractivity (Wildman–Crippen MR) is 106 cm³/mol. The number of hydrogen-bond acceptors (Lipinski definition) is 4. The van der Waals surface area contributed by atoms with Gasteiger partial charge in [0.15, 0.2) is 0 Å². The van der Waals surface area contributed by atoms with Gasteiger partial charge in [-0.25, -0.2) is 4.79 Å². The normalized spacial score (nSPS) is 24.1. The Morgan fingerprint density at radius 2 is 1.96 bits per heavy atom. The van der Waals surface area contributed by atoms with Crippen LogP contribution in [0.3, 0.4) is 0 Å². The third-order valence-electron chi connectivity index (χ3n) is 5.80. The lowest BCUT2D eigenvalue weighted by atomic mass is 9.56. The number of ether oxygens (including phenoxy) is 1. The van der Waals surface area contributed by atoms with E-state index in [4.69, 9.17) is 9.84 Å². The van der Waals surface area contributed by atoms with Crippen molar-refractivity contribution in [1.82, 2.24) is 10.6 Å². The fourth-order valence-electron chi connectivity index (χ4n) is 3.65. The molecular formula is C21H32N2O5. The van der Waals surface area contributed by atoms with Gasteiger partial charge in [-0.15, -0.1) is 0 Å². The molecule has 0 spiro atoms. The summed E-state index contributed by atoms with van der Waals surface area (Å²) in [4.78, 5) is 23.3.